The van der Waals surface area contributed by atoms with Gasteiger partial charge in [-0.15, -0.1) is 0 Å². The Morgan fingerprint density at radius 3 is 2.91 bits per heavy atom. The van der Waals surface area contributed by atoms with Crippen LogP contribution in [0.3, 0.4) is 0 Å². The number of aryl methyl sites for hydroxylation is 1. The maximum atomic E-state index is 11.2. The summed E-state index contributed by atoms with van der Waals surface area (Å²) in [7, 11) is 0. The van der Waals surface area contributed by atoms with Crippen molar-refractivity contribution in [1.29, 1.82) is 0 Å². The Hall–Kier alpha value is -3.16. The molecule has 118 valence electrons. The number of aromatic nitrogens is 3. The van der Waals surface area contributed by atoms with Crippen molar-refractivity contribution < 1.29 is 23.7 Å². The number of carboxylic acid groups (broad SMARTS) is 1. The molecular formula is C15H13N3O5. The summed E-state index contributed by atoms with van der Waals surface area (Å²) in [4.78, 5) is 15.3. The molecule has 3 heterocycles. The van der Waals surface area contributed by atoms with Crippen LogP contribution in [-0.4, -0.2) is 33.0 Å². The molecule has 3 aromatic heterocycles. The Morgan fingerprint density at radius 1 is 1.30 bits per heavy atom. The van der Waals surface area contributed by atoms with E-state index in [9.17, 15) is 9.90 Å². The summed E-state index contributed by atoms with van der Waals surface area (Å²) in [6.07, 6.45) is 2.10. The molecule has 0 aliphatic heterocycles. The lowest BCUT2D eigenvalue weighted by Gasteiger charge is -2.01. The molecule has 0 atom stereocenters. The molecule has 0 aromatic carbocycles. The van der Waals surface area contributed by atoms with Gasteiger partial charge in [-0.05, 0) is 13.0 Å². The predicted octanol–water partition coefficient (Wildman–Crippen LogP) is 2.35. The molecule has 3 aromatic rings. The van der Waals surface area contributed by atoms with Crippen molar-refractivity contribution in [2.75, 3.05) is 6.61 Å². The normalized spacial score (nSPS) is 10.7. The van der Waals surface area contributed by atoms with Gasteiger partial charge in [0.2, 0.25) is 11.6 Å². The number of carbonyl (C=O) groups is 1. The highest BCUT2D eigenvalue weighted by Crippen LogP contribution is 2.26. The van der Waals surface area contributed by atoms with Gasteiger partial charge in [-0.2, -0.15) is 0 Å². The zero-order valence-corrected chi connectivity index (χ0v) is 12.2. The SMILES string of the molecule is Cc1noc(-c2cc(CCOc3ccccn3)on2)c1C(=O)O. The van der Waals surface area contributed by atoms with E-state index in [0.29, 0.717) is 24.7 Å². The number of aromatic carboxylic acids is 1. The molecule has 0 fully saturated rings. The van der Waals surface area contributed by atoms with Gasteiger partial charge in [0.1, 0.15) is 11.3 Å². The third-order valence-corrected chi connectivity index (χ3v) is 3.10. The van der Waals surface area contributed by atoms with E-state index in [1.165, 1.54) is 0 Å². The first-order valence-corrected chi connectivity index (χ1v) is 6.84. The van der Waals surface area contributed by atoms with Crippen LogP contribution >= 0.6 is 0 Å². The molecule has 23 heavy (non-hydrogen) atoms. The molecule has 0 unspecified atom stereocenters. The first-order valence-electron chi connectivity index (χ1n) is 6.84. The zero-order chi connectivity index (χ0) is 16.2. The van der Waals surface area contributed by atoms with E-state index in [0.717, 1.165) is 0 Å². The van der Waals surface area contributed by atoms with Crippen LogP contribution in [0.15, 0.2) is 39.5 Å². The van der Waals surface area contributed by atoms with Crippen LogP contribution in [0.25, 0.3) is 11.5 Å². The van der Waals surface area contributed by atoms with E-state index in [-0.39, 0.29) is 22.7 Å². The fourth-order valence-corrected chi connectivity index (χ4v) is 2.02. The second-order valence-electron chi connectivity index (χ2n) is 4.72. The van der Waals surface area contributed by atoms with Crippen LogP contribution < -0.4 is 4.74 Å². The average molecular weight is 315 g/mol. The number of hydrogen-bond acceptors (Lipinski definition) is 7. The van der Waals surface area contributed by atoms with E-state index in [1.807, 2.05) is 6.07 Å². The van der Waals surface area contributed by atoms with Crippen molar-refractivity contribution in [2.24, 2.45) is 0 Å². The van der Waals surface area contributed by atoms with Gasteiger partial charge >= 0.3 is 5.97 Å². The summed E-state index contributed by atoms with van der Waals surface area (Å²) in [5.41, 5.74) is 0.556. The topological polar surface area (TPSA) is 111 Å². The quantitative estimate of drug-likeness (QED) is 0.737. The Morgan fingerprint density at radius 2 is 2.17 bits per heavy atom. The molecule has 8 heteroatoms. The van der Waals surface area contributed by atoms with Gasteiger partial charge < -0.3 is 18.9 Å². The molecule has 0 aliphatic carbocycles. The van der Waals surface area contributed by atoms with Crippen molar-refractivity contribution in [3.8, 4) is 17.3 Å². The lowest BCUT2D eigenvalue weighted by Crippen LogP contribution is -2.01. The van der Waals surface area contributed by atoms with E-state index < -0.39 is 5.97 Å². The fourth-order valence-electron chi connectivity index (χ4n) is 2.02. The minimum Gasteiger partial charge on any atom is -0.477 e. The van der Waals surface area contributed by atoms with Crippen LogP contribution in [0, 0.1) is 6.92 Å². The van der Waals surface area contributed by atoms with E-state index >= 15 is 0 Å². The van der Waals surface area contributed by atoms with Crippen LogP contribution in [0.2, 0.25) is 0 Å². The van der Waals surface area contributed by atoms with Crippen LogP contribution in [-0.2, 0) is 6.42 Å². The molecule has 0 radical (unpaired) electrons. The first kappa shape index (κ1) is 14.8. The number of pyridine rings is 1. The van der Waals surface area contributed by atoms with Crippen LogP contribution in [0.5, 0.6) is 5.88 Å². The highest BCUT2D eigenvalue weighted by atomic mass is 16.5. The van der Waals surface area contributed by atoms with Crippen molar-refractivity contribution in [1.82, 2.24) is 15.3 Å². The Labute approximate surface area is 130 Å². The van der Waals surface area contributed by atoms with Gasteiger partial charge in [-0.3, -0.25) is 0 Å². The number of ether oxygens (including phenoxy) is 1. The van der Waals surface area contributed by atoms with Gasteiger partial charge in [0.25, 0.3) is 0 Å². The number of nitrogens with zero attached hydrogens (tertiary/aromatic N) is 3. The molecule has 3 rings (SSSR count). The third-order valence-electron chi connectivity index (χ3n) is 3.10. The summed E-state index contributed by atoms with van der Waals surface area (Å²) >= 11 is 0. The summed E-state index contributed by atoms with van der Waals surface area (Å²) in [5, 5.41) is 16.7. The second-order valence-corrected chi connectivity index (χ2v) is 4.72. The average Bonchev–Trinajstić information content (AvgIpc) is 3.15. The van der Waals surface area contributed by atoms with Gasteiger partial charge in [0.05, 0.1) is 12.3 Å². The molecule has 0 spiro atoms. The van der Waals surface area contributed by atoms with E-state index in [4.69, 9.17) is 13.8 Å². The highest BCUT2D eigenvalue weighted by Gasteiger charge is 2.23. The van der Waals surface area contributed by atoms with Crippen molar-refractivity contribution in [2.45, 2.75) is 13.3 Å². The van der Waals surface area contributed by atoms with Crippen LogP contribution in [0.1, 0.15) is 21.8 Å². The van der Waals surface area contributed by atoms with Gasteiger partial charge in [0.15, 0.2) is 5.69 Å². The minimum absolute atomic E-state index is 0.0189. The van der Waals surface area contributed by atoms with Crippen molar-refractivity contribution in [3.05, 3.63) is 47.5 Å². The largest absolute Gasteiger partial charge is 0.477 e. The second kappa shape index (κ2) is 6.30. The lowest BCUT2D eigenvalue weighted by atomic mass is 10.1. The maximum absolute atomic E-state index is 11.2. The summed E-state index contributed by atoms with van der Waals surface area (Å²) in [6, 6.07) is 6.99. The van der Waals surface area contributed by atoms with E-state index in [1.54, 1.807) is 31.3 Å². The van der Waals surface area contributed by atoms with Crippen LogP contribution in [0.4, 0.5) is 0 Å². The summed E-state index contributed by atoms with van der Waals surface area (Å²) in [5.74, 6) is 0.0185. The van der Waals surface area contributed by atoms with E-state index in [2.05, 4.69) is 15.3 Å². The molecule has 0 bridgehead atoms. The Bertz CT molecular complexity index is 810. The first-order chi connectivity index (χ1) is 11.1. The number of carboxylic acids is 1. The van der Waals surface area contributed by atoms with Gasteiger partial charge in [0, 0.05) is 24.8 Å². The third kappa shape index (κ3) is 3.20. The maximum Gasteiger partial charge on any atom is 0.341 e. The molecule has 0 saturated heterocycles. The summed E-state index contributed by atoms with van der Waals surface area (Å²) in [6.45, 7) is 1.91. The molecule has 8 nitrogen and oxygen atoms in total. The van der Waals surface area contributed by atoms with Crippen molar-refractivity contribution >= 4 is 5.97 Å². The molecular weight excluding hydrogens is 302 g/mol. The Balaban J connectivity index is 1.68. The summed E-state index contributed by atoms with van der Waals surface area (Å²) < 4.78 is 15.7. The smallest absolute Gasteiger partial charge is 0.341 e. The van der Waals surface area contributed by atoms with Crippen molar-refractivity contribution in [3.63, 3.8) is 0 Å². The van der Waals surface area contributed by atoms with Gasteiger partial charge in [-0.25, -0.2) is 9.78 Å². The highest BCUT2D eigenvalue weighted by molar-refractivity contribution is 5.94. The fraction of sp³-hybridized carbons (Fsp3) is 0.200. The standard InChI is InChI=1S/C15H13N3O5/c1-9-13(15(19)20)14(23-17-9)11-8-10(22-18-11)5-7-21-12-4-2-3-6-16-12/h2-4,6,8H,5,7H2,1H3,(H,19,20). The number of rotatable bonds is 6. The molecule has 0 saturated carbocycles. The predicted molar refractivity (Wildman–Crippen MR) is 77.1 cm³/mol. The monoisotopic (exact) mass is 315 g/mol. The molecule has 0 aliphatic rings. The zero-order valence-electron chi connectivity index (χ0n) is 12.2. The Kier molecular flexibility index (Phi) is 4.05. The lowest BCUT2D eigenvalue weighted by molar-refractivity contribution is 0.0696. The van der Waals surface area contributed by atoms with Gasteiger partial charge in [-0.1, -0.05) is 16.4 Å². The minimum atomic E-state index is -1.12. The molecule has 1 N–H and O–H groups in total. The molecule has 0 amide bonds. The number of hydrogen-bond donors (Lipinski definition) is 1.